The Morgan fingerprint density at radius 1 is 1.06 bits per heavy atom. The second kappa shape index (κ2) is 11.9. The number of carbonyl (C=O) groups is 1. The Labute approximate surface area is 107 Å². The van der Waals surface area contributed by atoms with Gasteiger partial charge in [0.1, 0.15) is 0 Å². The van der Waals surface area contributed by atoms with Crippen molar-refractivity contribution in [1.29, 1.82) is 0 Å². The first kappa shape index (κ1) is 16.5. The van der Waals surface area contributed by atoms with Crippen LogP contribution in [0.1, 0.15) is 78.6 Å². The molecule has 0 aromatic heterocycles. The summed E-state index contributed by atoms with van der Waals surface area (Å²) >= 11 is 0. The summed E-state index contributed by atoms with van der Waals surface area (Å²) in [5.74, 6) is 0.653. The van der Waals surface area contributed by atoms with Gasteiger partial charge in [-0.1, -0.05) is 59.3 Å². The molecule has 1 atom stereocenters. The lowest BCUT2D eigenvalue weighted by Gasteiger charge is -2.08. The monoisotopic (exact) mass is 242 g/mol. The summed E-state index contributed by atoms with van der Waals surface area (Å²) in [6, 6.07) is 0. The molecular formula is C15H30O2. The van der Waals surface area contributed by atoms with Gasteiger partial charge in [-0.05, 0) is 18.8 Å². The van der Waals surface area contributed by atoms with Gasteiger partial charge in [0.2, 0.25) is 0 Å². The summed E-state index contributed by atoms with van der Waals surface area (Å²) in [5.41, 5.74) is 0. The van der Waals surface area contributed by atoms with Crippen LogP contribution in [0.4, 0.5) is 0 Å². The Morgan fingerprint density at radius 2 is 1.71 bits per heavy atom. The van der Waals surface area contributed by atoms with Crippen LogP contribution in [-0.2, 0) is 9.53 Å². The minimum Gasteiger partial charge on any atom is -0.466 e. The molecule has 2 nitrogen and oxygen atoms in total. The average molecular weight is 242 g/mol. The fourth-order valence-corrected chi connectivity index (χ4v) is 1.70. The van der Waals surface area contributed by atoms with Gasteiger partial charge in [0.05, 0.1) is 6.61 Å². The van der Waals surface area contributed by atoms with Crippen molar-refractivity contribution >= 4 is 5.97 Å². The molecule has 0 fully saturated rings. The van der Waals surface area contributed by atoms with Gasteiger partial charge in [-0.25, -0.2) is 0 Å². The molecule has 17 heavy (non-hydrogen) atoms. The summed E-state index contributed by atoms with van der Waals surface area (Å²) in [6.07, 6.45) is 10.1. The smallest absolute Gasteiger partial charge is 0.305 e. The van der Waals surface area contributed by atoms with E-state index in [4.69, 9.17) is 4.74 Å². The maximum Gasteiger partial charge on any atom is 0.305 e. The number of hydrogen-bond acceptors (Lipinski definition) is 2. The molecule has 102 valence electrons. The minimum atomic E-state index is -0.0104. The molecule has 2 heteroatoms. The molecule has 1 unspecified atom stereocenters. The third-order valence-corrected chi connectivity index (χ3v) is 3.31. The molecule has 0 saturated carbocycles. The predicted molar refractivity (Wildman–Crippen MR) is 73.0 cm³/mol. The predicted octanol–water partition coefficient (Wildman–Crippen LogP) is 4.72. The van der Waals surface area contributed by atoms with Crippen molar-refractivity contribution in [3.05, 3.63) is 0 Å². The lowest BCUT2D eigenvalue weighted by molar-refractivity contribution is -0.144. The summed E-state index contributed by atoms with van der Waals surface area (Å²) in [5, 5.41) is 0. The van der Waals surface area contributed by atoms with E-state index in [0.717, 1.165) is 19.3 Å². The summed E-state index contributed by atoms with van der Waals surface area (Å²) in [6.45, 7) is 7.18. The molecule has 0 amide bonds. The zero-order valence-electron chi connectivity index (χ0n) is 12.0. The Balaban J connectivity index is 3.23. The van der Waals surface area contributed by atoms with Crippen molar-refractivity contribution in [1.82, 2.24) is 0 Å². The Hall–Kier alpha value is -0.530. The first-order valence-electron chi connectivity index (χ1n) is 7.36. The third kappa shape index (κ3) is 11.7. The van der Waals surface area contributed by atoms with E-state index >= 15 is 0 Å². The molecule has 0 rings (SSSR count). The topological polar surface area (TPSA) is 26.3 Å². The van der Waals surface area contributed by atoms with E-state index in [9.17, 15) is 4.79 Å². The second-order valence-electron chi connectivity index (χ2n) is 5.04. The molecule has 0 aromatic carbocycles. The van der Waals surface area contributed by atoms with Gasteiger partial charge in [-0.2, -0.15) is 0 Å². The number of esters is 1. The molecule has 0 spiro atoms. The number of ether oxygens (including phenoxy) is 1. The van der Waals surface area contributed by atoms with Crippen molar-refractivity contribution < 1.29 is 9.53 Å². The molecule has 0 aromatic rings. The number of rotatable bonds is 11. The molecule has 0 heterocycles. The van der Waals surface area contributed by atoms with Crippen LogP contribution in [0.25, 0.3) is 0 Å². The highest BCUT2D eigenvalue weighted by molar-refractivity contribution is 5.69. The largest absolute Gasteiger partial charge is 0.466 e. The second-order valence-corrected chi connectivity index (χ2v) is 5.04. The molecule has 0 N–H and O–H groups in total. The van der Waals surface area contributed by atoms with Gasteiger partial charge in [0.15, 0.2) is 0 Å². The van der Waals surface area contributed by atoms with Crippen LogP contribution >= 0.6 is 0 Å². The first-order chi connectivity index (χ1) is 8.20. The lowest BCUT2D eigenvalue weighted by Crippen LogP contribution is -2.08. The number of unbranched alkanes of at least 4 members (excludes halogenated alkanes) is 5. The summed E-state index contributed by atoms with van der Waals surface area (Å²) in [4.78, 5) is 11.4. The lowest BCUT2D eigenvalue weighted by atomic mass is 10.1. The molecule has 0 radical (unpaired) electrons. The van der Waals surface area contributed by atoms with Crippen LogP contribution in [0.15, 0.2) is 0 Å². The average Bonchev–Trinajstić information content (AvgIpc) is 2.33. The highest BCUT2D eigenvalue weighted by Crippen LogP contribution is 2.09. The van der Waals surface area contributed by atoms with Gasteiger partial charge < -0.3 is 4.74 Å². The maximum absolute atomic E-state index is 11.4. The fraction of sp³-hybridized carbons (Fsp3) is 0.933. The van der Waals surface area contributed by atoms with Crippen LogP contribution in [0.5, 0.6) is 0 Å². The van der Waals surface area contributed by atoms with Crippen LogP contribution in [0.2, 0.25) is 0 Å². The van der Waals surface area contributed by atoms with Gasteiger partial charge in [-0.3, -0.25) is 4.79 Å². The molecule has 0 aliphatic heterocycles. The van der Waals surface area contributed by atoms with Crippen molar-refractivity contribution in [2.24, 2.45) is 5.92 Å². The fourth-order valence-electron chi connectivity index (χ4n) is 1.70. The van der Waals surface area contributed by atoms with E-state index in [1.165, 1.54) is 32.1 Å². The van der Waals surface area contributed by atoms with Crippen molar-refractivity contribution in [3.8, 4) is 0 Å². The van der Waals surface area contributed by atoms with Gasteiger partial charge in [0.25, 0.3) is 0 Å². The molecule has 0 saturated heterocycles. The zero-order valence-corrected chi connectivity index (χ0v) is 12.0. The third-order valence-electron chi connectivity index (χ3n) is 3.31. The normalized spacial score (nSPS) is 12.4. The number of hydrogen-bond donors (Lipinski definition) is 0. The van der Waals surface area contributed by atoms with Crippen LogP contribution in [-0.4, -0.2) is 12.6 Å². The van der Waals surface area contributed by atoms with E-state index in [1.54, 1.807) is 0 Å². The minimum absolute atomic E-state index is 0.0104. The van der Waals surface area contributed by atoms with Gasteiger partial charge in [-0.15, -0.1) is 0 Å². The summed E-state index contributed by atoms with van der Waals surface area (Å²) in [7, 11) is 0. The first-order valence-corrected chi connectivity index (χ1v) is 7.36. The highest BCUT2D eigenvalue weighted by atomic mass is 16.5. The van der Waals surface area contributed by atoms with E-state index in [1.807, 2.05) is 0 Å². The summed E-state index contributed by atoms with van der Waals surface area (Å²) < 4.78 is 5.20. The van der Waals surface area contributed by atoms with Crippen LogP contribution in [0.3, 0.4) is 0 Å². The van der Waals surface area contributed by atoms with E-state index in [2.05, 4.69) is 20.8 Å². The standard InChI is InChI=1S/C15H30O2/c1-4-6-7-8-9-10-11-15(16)17-13-12-14(3)5-2/h14H,4-13H2,1-3H3. The van der Waals surface area contributed by atoms with Crippen LogP contribution in [0, 0.1) is 5.92 Å². The van der Waals surface area contributed by atoms with Gasteiger partial charge >= 0.3 is 5.97 Å². The molecule has 0 aliphatic carbocycles. The highest BCUT2D eigenvalue weighted by Gasteiger charge is 2.04. The quantitative estimate of drug-likeness (QED) is 0.387. The molecular weight excluding hydrogens is 212 g/mol. The molecule has 0 aliphatic rings. The van der Waals surface area contributed by atoms with Crippen molar-refractivity contribution in [3.63, 3.8) is 0 Å². The Kier molecular flexibility index (Phi) is 11.6. The van der Waals surface area contributed by atoms with Gasteiger partial charge in [0, 0.05) is 6.42 Å². The zero-order chi connectivity index (χ0) is 12.9. The Morgan fingerprint density at radius 3 is 2.35 bits per heavy atom. The SMILES string of the molecule is CCCCCCCCC(=O)OCCC(C)CC. The van der Waals surface area contributed by atoms with E-state index in [-0.39, 0.29) is 5.97 Å². The van der Waals surface area contributed by atoms with E-state index in [0.29, 0.717) is 18.9 Å². The maximum atomic E-state index is 11.4. The Bertz CT molecular complexity index is 178. The van der Waals surface area contributed by atoms with Crippen molar-refractivity contribution in [2.45, 2.75) is 78.6 Å². The van der Waals surface area contributed by atoms with Crippen molar-refractivity contribution in [2.75, 3.05) is 6.61 Å². The van der Waals surface area contributed by atoms with E-state index < -0.39 is 0 Å². The molecule has 0 bridgehead atoms. The number of carbonyl (C=O) groups excluding carboxylic acids is 1. The van der Waals surface area contributed by atoms with Crippen LogP contribution < -0.4 is 0 Å².